The van der Waals surface area contributed by atoms with Gasteiger partial charge in [-0.3, -0.25) is 10.1 Å². The van der Waals surface area contributed by atoms with Gasteiger partial charge in [0.25, 0.3) is 0 Å². The predicted molar refractivity (Wildman–Crippen MR) is 89.5 cm³/mol. The molecule has 4 N–H and O–H groups in total. The van der Waals surface area contributed by atoms with E-state index in [1.54, 1.807) is 0 Å². The predicted octanol–water partition coefficient (Wildman–Crippen LogP) is 2.92. The van der Waals surface area contributed by atoms with Crippen LogP contribution in [0.25, 0.3) is 0 Å². The van der Waals surface area contributed by atoms with Crippen molar-refractivity contribution in [1.82, 2.24) is 15.5 Å². The highest BCUT2D eigenvalue weighted by molar-refractivity contribution is 5.77. The van der Waals surface area contributed by atoms with E-state index in [0.717, 1.165) is 31.6 Å². The number of nitrogens with two attached hydrogens (primary N) is 1. The van der Waals surface area contributed by atoms with Crippen molar-refractivity contribution in [2.45, 2.75) is 65.2 Å². The molecule has 0 atom stereocenters. The summed E-state index contributed by atoms with van der Waals surface area (Å²) in [6, 6.07) is 0. The lowest BCUT2D eigenvalue weighted by Crippen LogP contribution is -2.32. The second-order valence-corrected chi connectivity index (χ2v) is 5.59. The van der Waals surface area contributed by atoms with Gasteiger partial charge >= 0.3 is 0 Å². The van der Waals surface area contributed by atoms with Crippen molar-refractivity contribution in [3.63, 3.8) is 0 Å². The molecule has 0 fully saturated rings. The zero-order valence-electron chi connectivity index (χ0n) is 13.6. The van der Waals surface area contributed by atoms with Gasteiger partial charge in [0, 0.05) is 18.8 Å². The van der Waals surface area contributed by atoms with Gasteiger partial charge in [0.05, 0.1) is 6.20 Å². The highest BCUT2D eigenvalue weighted by atomic mass is 15.1. The summed E-state index contributed by atoms with van der Waals surface area (Å²) in [4.78, 5) is 4.35. The van der Waals surface area contributed by atoms with Crippen LogP contribution >= 0.6 is 0 Å². The lowest BCUT2D eigenvalue weighted by atomic mass is 10.1. The van der Waals surface area contributed by atoms with E-state index in [1.807, 2.05) is 13.1 Å². The Morgan fingerprint density at radius 3 is 2.71 bits per heavy atom. The molecule has 0 unspecified atom stereocenters. The molecule has 1 aromatic heterocycles. The number of H-pyrrole nitrogens is 1. The Morgan fingerprint density at radius 1 is 1.24 bits per heavy atom. The van der Waals surface area contributed by atoms with E-state index in [1.165, 1.54) is 44.1 Å². The normalized spacial score (nSPS) is 11.8. The highest BCUT2D eigenvalue weighted by Crippen LogP contribution is 2.05. The zero-order valence-corrected chi connectivity index (χ0v) is 13.6. The summed E-state index contributed by atoms with van der Waals surface area (Å²) in [7, 11) is 0. The van der Waals surface area contributed by atoms with Crippen molar-refractivity contribution in [3.05, 3.63) is 17.5 Å². The number of hydrogen-bond acceptors (Lipinski definition) is 2. The molecule has 21 heavy (non-hydrogen) atoms. The molecule has 0 spiro atoms. The van der Waals surface area contributed by atoms with Crippen molar-refractivity contribution in [1.29, 1.82) is 0 Å². The Kier molecular flexibility index (Phi) is 9.33. The van der Waals surface area contributed by atoms with Crippen molar-refractivity contribution in [2.24, 2.45) is 10.7 Å². The summed E-state index contributed by atoms with van der Waals surface area (Å²) < 4.78 is 0. The Labute approximate surface area is 128 Å². The SMILES string of the molecule is CCCCCCCCNC(N)=NCCCc1cn[nH]c1C. The van der Waals surface area contributed by atoms with Gasteiger partial charge in [-0.1, -0.05) is 39.0 Å². The Balaban J connectivity index is 1.99. The first-order valence-corrected chi connectivity index (χ1v) is 8.26. The van der Waals surface area contributed by atoms with Crippen LogP contribution in [0.4, 0.5) is 0 Å². The lowest BCUT2D eigenvalue weighted by molar-refractivity contribution is 0.601. The van der Waals surface area contributed by atoms with Crippen LogP contribution in [-0.2, 0) is 6.42 Å². The van der Waals surface area contributed by atoms with E-state index in [9.17, 15) is 0 Å². The van der Waals surface area contributed by atoms with E-state index >= 15 is 0 Å². The van der Waals surface area contributed by atoms with Gasteiger partial charge in [-0.05, 0) is 31.7 Å². The molecular weight excluding hydrogens is 262 g/mol. The van der Waals surface area contributed by atoms with Gasteiger partial charge in [0.15, 0.2) is 5.96 Å². The van der Waals surface area contributed by atoms with Gasteiger partial charge in [0.1, 0.15) is 0 Å². The first-order chi connectivity index (χ1) is 10.2. The van der Waals surface area contributed by atoms with Crippen LogP contribution < -0.4 is 11.1 Å². The average Bonchev–Trinajstić information content (AvgIpc) is 2.88. The standard InChI is InChI=1S/C16H31N5/c1-3-4-5-6-7-8-11-18-16(17)19-12-9-10-15-13-20-21-14(15)2/h13H,3-12H2,1-2H3,(H,20,21)(H3,17,18,19). The second kappa shape index (κ2) is 11.2. The minimum absolute atomic E-state index is 0.576. The van der Waals surface area contributed by atoms with Gasteiger partial charge < -0.3 is 11.1 Å². The Hall–Kier alpha value is -1.52. The molecule has 1 aromatic rings. The van der Waals surface area contributed by atoms with E-state index < -0.39 is 0 Å². The summed E-state index contributed by atoms with van der Waals surface area (Å²) in [5.74, 6) is 0.576. The van der Waals surface area contributed by atoms with Crippen LogP contribution in [-0.4, -0.2) is 29.2 Å². The number of guanidine groups is 1. The average molecular weight is 293 g/mol. The van der Waals surface area contributed by atoms with Crippen LogP contribution in [0.3, 0.4) is 0 Å². The molecule has 0 saturated carbocycles. The number of aromatic nitrogens is 2. The molecular formula is C16H31N5. The van der Waals surface area contributed by atoms with Crippen LogP contribution in [0.2, 0.25) is 0 Å². The quantitative estimate of drug-likeness (QED) is 0.333. The maximum absolute atomic E-state index is 5.85. The van der Waals surface area contributed by atoms with E-state index in [-0.39, 0.29) is 0 Å². The third kappa shape index (κ3) is 8.38. The zero-order chi connectivity index (χ0) is 15.3. The van der Waals surface area contributed by atoms with Crippen LogP contribution in [0, 0.1) is 6.92 Å². The number of aromatic amines is 1. The number of unbranched alkanes of at least 4 members (excludes halogenated alkanes) is 5. The Morgan fingerprint density at radius 2 is 2.00 bits per heavy atom. The number of aryl methyl sites for hydroxylation is 2. The summed E-state index contributed by atoms with van der Waals surface area (Å²) in [6.45, 7) is 5.98. The second-order valence-electron chi connectivity index (χ2n) is 5.59. The van der Waals surface area contributed by atoms with Crippen molar-refractivity contribution < 1.29 is 0 Å². The summed E-state index contributed by atoms with van der Waals surface area (Å²) in [5, 5.41) is 10.1. The van der Waals surface area contributed by atoms with Crippen molar-refractivity contribution in [3.8, 4) is 0 Å². The molecule has 0 amide bonds. The number of hydrogen-bond donors (Lipinski definition) is 3. The van der Waals surface area contributed by atoms with Gasteiger partial charge in [-0.15, -0.1) is 0 Å². The fourth-order valence-electron chi connectivity index (χ4n) is 2.27. The smallest absolute Gasteiger partial charge is 0.188 e. The molecule has 1 heterocycles. The number of nitrogens with zero attached hydrogens (tertiary/aromatic N) is 2. The minimum atomic E-state index is 0.576. The molecule has 0 radical (unpaired) electrons. The number of nitrogens with one attached hydrogen (secondary N) is 2. The molecule has 0 aliphatic carbocycles. The molecule has 1 rings (SSSR count). The van der Waals surface area contributed by atoms with Crippen LogP contribution in [0.5, 0.6) is 0 Å². The van der Waals surface area contributed by atoms with E-state index in [4.69, 9.17) is 5.73 Å². The van der Waals surface area contributed by atoms with Crippen LogP contribution in [0.1, 0.15) is 63.1 Å². The third-order valence-corrected chi connectivity index (χ3v) is 3.66. The molecule has 0 aliphatic rings. The summed E-state index contributed by atoms with van der Waals surface area (Å²) in [6.07, 6.45) is 11.7. The summed E-state index contributed by atoms with van der Waals surface area (Å²) in [5.41, 5.74) is 8.26. The van der Waals surface area contributed by atoms with Crippen molar-refractivity contribution in [2.75, 3.05) is 13.1 Å². The van der Waals surface area contributed by atoms with Gasteiger partial charge in [-0.2, -0.15) is 5.10 Å². The first-order valence-electron chi connectivity index (χ1n) is 8.26. The molecule has 5 nitrogen and oxygen atoms in total. The topological polar surface area (TPSA) is 79.1 Å². The fraction of sp³-hybridized carbons (Fsp3) is 0.750. The molecule has 0 aliphatic heterocycles. The maximum Gasteiger partial charge on any atom is 0.188 e. The molecule has 120 valence electrons. The largest absolute Gasteiger partial charge is 0.370 e. The Bertz CT molecular complexity index is 397. The molecule has 0 aromatic carbocycles. The van der Waals surface area contributed by atoms with E-state index in [0.29, 0.717) is 5.96 Å². The fourth-order valence-corrected chi connectivity index (χ4v) is 2.27. The van der Waals surface area contributed by atoms with Gasteiger partial charge in [-0.25, -0.2) is 0 Å². The molecule has 0 saturated heterocycles. The number of aliphatic imine (C=N–C) groups is 1. The molecule has 0 bridgehead atoms. The minimum Gasteiger partial charge on any atom is -0.370 e. The van der Waals surface area contributed by atoms with Crippen LogP contribution in [0.15, 0.2) is 11.2 Å². The lowest BCUT2D eigenvalue weighted by Gasteiger charge is -2.05. The van der Waals surface area contributed by atoms with E-state index in [2.05, 4.69) is 27.4 Å². The van der Waals surface area contributed by atoms with Crippen molar-refractivity contribution >= 4 is 5.96 Å². The maximum atomic E-state index is 5.85. The number of rotatable bonds is 11. The first kappa shape index (κ1) is 17.5. The highest BCUT2D eigenvalue weighted by Gasteiger charge is 1.99. The third-order valence-electron chi connectivity index (χ3n) is 3.66. The monoisotopic (exact) mass is 293 g/mol. The molecule has 5 heteroatoms. The summed E-state index contributed by atoms with van der Waals surface area (Å²) >= 11 is 0. The van der Waals surface area contributed by atoms with Gasteiger partial charge in [0.2, 0.25) is 0 Å².